The van der Waals surface area contributed by atoms with E-state index in [4.69, 9.17) is 13.9 Å². The summed E-state index contributed by atoms with van der Waals surface area (Å²) in [5.74, 6) is -4.64. The van der Waals surface area contributed by atoms with Crippen LogP contribution in [0.25, 0.3) is 0 Å². The molecule has 9 rings (SSSR count). The van der Waals surface area contributed by atoms with Gasteiger partial charge in [0.25, 0.3) is 0 Å². The Labute approximate surface area is 308 Å². The summed E-state index contributed by atoms with van der Waals surface area (Å²) < 4.78 is 13.8. The van der Waals surface area contributed by atoms with Crippen molar-refractivity contribution in [1.82, 2.24) is 4.90 Å². The number of carbonyl (C=O) groups excluding carboxylic acids is 5. The number of alkyl halides is 2. The topological polar surface area (TPSA) is 120 Å². The maximum Gasteiger partial charge on any atom is 0.379 e. The molecule has 4 aromatic carbocycles. The average Bonchev–Trinajstić information content (AvgIpc) is 3.79. The van der Waals surface area contributed by atoms with E-state index < -0.39 is 62.7 Å². The summed E-state index contributed by atoms with van der Waals surface area (Å²) in [6, 6.07) is 32.0. The first kappa shape index (κ1) is 33.0. The predicted molar refractivity (Wildman–Crippen MR) is 190 cm³/mol. The van der Waals surface area contributed by atoms with Crippen LogP contribution in [0.4, 0.5) is 0 Å². The van der Waals surface area contributed by atoms with E-state index in [1.54, 1.807) is 30.3 Å². The van der Waals surface area contributed by atoms with Gasteiger partial charge in [0.05, 0.1) is 26.7 Å². The summed E-state index contributed by atoms with van der Waals surface area (Å²) in [4.78, 5) is 69.9. The number of amides is 2. The van der Waals surface area contributed by atoms with Crippen LogP contribution in [0.5, 0.6) is 5.75 Å². The van der Waals surface area contributed by atoms with Crippen LogP contribution >= 0.6 is 31.9 Å². The molecule has 1 fully saturated rings. The molecule has 0 radical (unpaired) electrons. The SMILES string of the molecule is O=C(COC(=O)C(Cc1ccccc1)N1C(=O)C2C(C1=O)C1(Br)c3ccccc3C2(Br)c2ccccc21)c1ccc(OC(=O)c2ccco2)cc1. The minimum atomic E-state index is -1.34. The summed E-state index contributed by atoms with van der Waals surface area (Å²) >= 11 is 8.00. The molecule has 9 nitrogen and oxygen atoms in total. The third kappa shape index (κ3) is 5.12. The van der Waals surface area contributed by atoms with Crippen molar-refractivity contribution in [3.05, 3.63) is 161 Å². The number of furan rings is 1. The summed E-state index contributed by atoms with van der Waals surface area (Å²) in [5, 5.41) is 0. The zero-order valence-electron chi connectivity index (χ0n) is 26.7. The van der Waals surface area contributed by atoms with Gasteiger partial charge in [-0.3, -0.25) is 19.3 Å². The number of halogens is 2. The molecule has 1 saturated heterocycles. The number of nitrogens with zero attached hydrogens (tertiary/aromatic N) is 1. The second-order valence-corrected chi connectivity index (χ2v) is 15.1. The quantitative estimate of drug-likeness (QED) is 0.0528. The number of imide groups is 1. The second kappa shape index (κ2) is 12.6. The Balaban J connectivity index is 1.08. The lowest BCUT2D eigenvalue weighted by Crippen LogP contribution is -2.56. The van der Waals surface area contributed by atoms with Crippen LogP contribution in [0.15, 0.2) is 126 Å². The lowest BCUT2D eigenvalue weighted by molar-refractivity contribution is -0.158. The first-order valence-electron chi connectivity index (χ1n) is 16.2. The zero-order valence-corrected chi connectivity index (χ0v) is 29.8. The third-order valence-electron chi connectivity index (χ3n) is 9.93. The highest BCUT2D eigenvalue weighted by atomic mass is 79.9. The fourth-order valence-corrected chi connectivity index (χ4v) is 9.99. The van der Waals surface area contributed by atoms with Gasteiger partial charge in [0, 0.05) is 12.0 Å². The van der Waals surface area contributed by atoms with Crippen LogP contribution < -0.4 is 4.74 Å². The largest absolute Gasteiger partial charge is 0.457 e. The van der Waals surface area contributed by atoms with Gasteiger partial charge in [0.1, 0.15) is 11.8 Å². The van der Waals surface area contributed by atoms with E-state index in [1.165, 1.54) is 36.6 Å². The zero-order chi connectivity index (χ0) is 35.5. The number of rotatable bonds is 9. The molecular formula is C40H27Br2NO8. The predicted octanol–water partition coefficient (Wildman–Crippen LogP) is 6.74. The maximum atomic E-state index is 14.7. The second-order valence-electron chi connectivity index (χ2n) is 12.6. The average molecular weight is 809 g/mol. The highest BCUT2D eigenvalue weighted by Gasteiger charge is 2.73. The Kier molecular flexibility index (Phi) is 8.15. The molecule has 2 bridgehead atoms. The molecular weight excluding hydrogens is 782 g/mol. The summed E-state index contributed by atoms with van der Waals surface area (Å²) in [7, 11) is 0. The van der Waals surface area contributed by atoms with Gasteiger partial charge in [0.15, 0.2) is 12.4 Å². The van der Waals surface area contributed by atoms with Crippen LogP contribution in [-0.4, -0.2) is 47.1 Å². The van der Waals surface area contributed by atoms with Gasteiger partial charge in [-0.15, -0.1) is 0 Å². The molecule has 0 spiro atoms. The van der Waals surface area contributed by atoms with E-state index in [9.17, 15) is 24.0 Å². The Morgan fingerprint density at radius 1 is 0.706 bits per heavy atom. The maximum absolute atomic E-state index is 14.7. The van der Waals surface area contributed by atoms with Crippen LogP contribution in [0.3, 0.4) is 0 Å². The van der Waals surface area contributed by atoms with Gasteiger partial charge in [0.2, 0.25) is 17.6 Å². The number of hydrogen-bond donors (Lipinski definition) is 0. The molecule has 2 heterocycles. The van der Waals surface area contributed by atoms with Crippen LogP contribution in [0.1, 0.15) is 48.7 Å². The molecule has 11 heteroatoms. The van der Waals surface area contributed by atoms with Gasteiger partial charge in [-0.1, -0.05) is 111 Å². The normalized spacial score (nSPS) is 23.2. The number of likely N-dealkylation sites (tertiary alicyclic amines) is 1. The van der Waals surface area contributed by atoms with Gasteiger partial charge in [-0.25, -0.2) is 9.59 Å². The molecule has 3 unspecified atom stereocenters. The van der Waals surface area contributed by atoms with Crippen molar-refractivity contribution in [2.24, 2.45) is 11.8 Å². The molecule has 3 aliphatic carbocycles. The molecule has 4 aliphatic rings. The molecule has 1 aromatic heterocycles. The number of esters is 2. The Morgan fingerprint density at radius 2 is 1.24 bits per heavy atom. The lowest BCUT2D eigenvalue weighted by atomic mass is 9.54. The lowest BCUT2D eigenvalue weighted by Gasteiger charge is -2.55. The molecule has 3 atom stereocenters. The van der Waals surface area contributed by atoms with E-state index in [0.717, 1.165) is 27.2 Å². The number of carbonyl (C=O) groups is 5. The minimum absolute atomic E-state index is 0.00894. The van der Waals surface area contributed by atoms with Crippen molar-refractivity contribution in [3.63, 3.8) is 0 Å². The summed E-state index contributed by atoms with van der Waals surface area (Å²) in [6.45, 7) is -0.639. The van der Waals surface area contributed by atoms with E-state index >= 15 is 0 Å². The van der Waals surface area contributed by atoms with Gasteiger partial charge < -0.3 is 13.9 Å². The molecule has 0 N–H and O–H groups in total. The van der Waals surface area contributed by atoms with E-state index in [0.29, 0.717) is 5.56 Å². The fourth-order valence-electron chi connectivity index (χ4n) is 7.69. The standard InChI is InChI=1S/C40H27Br2NO8/c41-39-26-11-4-5-12-27(26)40(42,29-14-7-6-13-28(29)39)34-33(39)35(45)43(36(34)46)30(21-23-9-2-1-3-10-23)37(47)50-22-31(44)24-16-18-25(19-17-24)51-38(48)32-15-8-20-49-32/h1-20,30,33-34H,21-22H2. The first-order chi connectivity index (χ1) is 24.6. The first-order valence-corrected chi connectivity index (χ1v) is 17.8. The van der Waals surface area contributed by atoms with E-state index in [2.05, 4.69) is 31.9 Å². The smallest absolute Gasteiger partial charge is 0.379 e. The number of hydrogen-bond acceptors (Lipinski definition) is 8. The molecule has 1 aliphatic heterocycles. The van der Waals surface area contributed by atoms with Gasteiger partial charge in [-0.2, -0.15) is 0 Å². The fraction of sp³-hybridized carbons (Fsp3) is 0.175. The van der Waals surface area contributed by atoms with Gasteiger partial charge in [-0.05, 0) is 64.2 Å². The molecule has 0 saturated carbocycles. The van der Waals surface area contributed by atoms with E-state index in [-0.39, 0.29) is 23.5 Å². The molecule has 51 heavy (non-hydrogen) atoms. The molecule has 5 aromatic rings. The van der Waals surface area contributed by atoms with Crippen molar-refractivity contribution >= 4 is 61.4 Å². The Hall–Kier alpha value is -5.13. The third-order valence-corrected chi connectivity index (χ3v) is 12.6. The van der Waals surface area contributed by atoms with Crippen LogP contribution in [0.2, 0.25) is 0 Å². The number of benzene rings is 4. The van der Waals surface area contributed by atoms with Crippen molar-refractivity contribution in [1.29, 1.82) is 0 Å². The van der Waals surface area contributed by atoms with Crippen molar-refractivity contribution in [3.8, 4) is 5.75 Å². The Bertz CT molecular complexity index is 2100. The molecule has 2 amide bonds. The van der Waals surface area contributed by atoms with E-state index in [1.807, 2.05) is 54.6 Å². The Morgan fingerprint density at radius 3 is 1.75 bits per heavy atom. The highest BCUT2D eigenvalue weighted by Crippen LogP contribution is 2.70. The van der Waals surface area contributed by atoms with Crippen molar-refractivity contribution in [2.75, 3.05) is 6.61 Å². The highest BCUT2D eigenvalue weighted by molar-refractivity contribution is 9.10. The monoisotopic (exact) mass is 807 g/mol. The summed E-state index contributed by atoms with van der Waals surface area (Å²) in [5.41, 5.74) is 4.41. The minimum Gasteiger partial charge on any atom is -0.457 e. The number of Topliss-reactive ketones (excluding diaryl/α,β-unsaturated/α-hetero) is 1. The van der Waals surface area contributed by atoms with Crippen molar-refractivity contribution in [2.45, 2.75) is 21.1 Å². The number of ketones is 1. The van der Waals surface area contributed by atoms with Gasteiger partial charge >= 0.3 is 11.9 Å². The van der Waals surface area contributed by atoms with Crippen molar-refractivity contribution < 1.29 is 37.9 Å². The summed E-state index contributed by atoms with van der Waals surface area (Å²) in [6.07, 6.45) is 1.34. The van der Waals surface area contributed by atoms with Crippen LogP contribution in [-0.2, 0) is 34.2 Å². The number of ether oxygens (including phenoxy) is 2. The van der Waals surface area contributed by atoms with Crippen LogP contribution in [0, 0.1) is 11.8 Å². The molecule has 254 valence electrons.